The maximum atomic E-state index is 13.2. The molecule has 136 valence electrons. The molecule has 1 unspecified atom stereocenters. The number of carbonyl (C=O) groups excluding carboxylic acids is 1. The fraction of sp³-hybridized carbons (Fsp3) is 0.231. The first-order valence-corrected chi connectivity index (χ1v) is 6.35. The van der Waals surface area contributed by atoms with Gasteiger partial charge in [0, 0.05) is 0 Å². The monoisotopic (exact) mass is 371 g/mol. The van der Waals surface area contributed by atoms with Gasteiger partial charge in [0.05, 0.1) is 5.69 Å². The van der Waals surface area contributed by atoms with Crippen molar-refractivity contribution in [2.45, 2.75) is 18.7 Å². The summed E-state index contributed by atoms with van der Waals surface area (Å²) in [6.45, 7) is 0. The van der Waals surface area contributed by atoms with E-state index in [0.29, 0.717) is 0 Å². The van der Waals surface area contributed by atoms with Crippen molar-refractivity contribution < 1.29 is 40.3 Å². The van der Waals surface area contributed by atoms with E-state index in [1.165, 1.54) is 18.2 Å². The van der Waals surface area contributed by atoms with Crippen LogP contribution in [0.15, 0.2) is 30.3 Å². The van der Waals surface area contributed by atoms with Crippen LogP contribution >= 0.6 is 0 Å². The van der Waals surface area contributed by atoms with Gasteiger partial charge < -0.3 is 10.5 Å². The van der Waals surface area contributed by atoms with Gasteiger partial charge in [-0.05, 0) is 12.1 Å². The SMILES string of the molecule is NC(=O)c1c(C(F)(F)F)nn(-c2ccccc2)c1OC(F)C(F)(F)F. The highest BCUT2D eigenvalue weighted by Crippen LogP contribution is 2.38. The maximum Gasteiger partial charge on any atom is 0.457 e. The Labute approximate surface area is 134 Å². The zero-order valence-electron chi connectivity index (χ0n) is 11.9. The summed E-state index contributed by atoms with van der Waals surface area (Å²) >= 11 is 0. The lowest BCUT2D eigenvalue weighted by Gasteiger charge is -2.16. The highest BCUT2D eigenvalue weighted by Gasteiger charge is 2.47. The lowest BCUT2D eigenvalue weighted by molar-refractivity contribution is -0.237. The molecule has 1 amide bonds. The van der Waals surface area contributed by atoms with Gasteiger partial charge in [0.2, 0.25) is 5.88 Å². The number of aromatic nitrogens is 2. The second kappa shape index (κ2) is 6.26. The van der Waals surface area contributed by atoms with Crippen LogP contribution in [0.2, 0.25) is 0 Å². The third kappa shape index (κ3) is 3.83. The van der Waals surface area contributed by atoms with Crippen LogP contribution < -0.4 is 10.5 Å². The first-order valence-electron chi connectivity index (χ1n) is 6.35. The van der Waals surface area contributed by atoms with Crippen LogP contribution in [0, 0.1) is 0 Å². The van der Waals surface area contributed by atoms with E-state index < -0.39 is 41.8 Å². The van der Waals surface area contributed by atoms with E-state index in [4.69, 9.17) is 5.73 Å². The molecular weight excluding hydrogens is 363 g/mol. The molecule has 1 heterocycles. The first-order chi connectivity index (χ1) is 11.4. The molecule has 0 fully saturated rings. The highest BCUT2D eigenvalue weighted by molar-refractivity contribution is 5.96. The summed E-state index contributed by atoms with van der Waals surface area (Å²) in [4.78, 5) is 11.4. The number of hydrogen-bond acceptors (Lipinski definition) is 3. The van der Waals surface area contributed by atoms with Gasteiger partial charge >= 0.3 is 18.7 Å². The minimum atomic E-state index is -5.54. The summed E-state index contributed by atoms with van der Waals surface area (Å²) in [5, 5.41) is 3.04. The zero-order valence-corrected chi connectivity index (χ0v) is 11.9. The topological polar surface area (TPSA) is 70.1 Å². The number of alkyl halides is 7. The molecule has 0 saturated carbocycles. The second-order valence-corrected chi connectivity index (χ2v) is 4.61. The number of para-hydroxylation sites is 1. The third-order valence-electron chi connectivity index (χ3n) is 2.83. The summed E-state index contributed by atoms with van der Waals surface area (Å²) in [6, 6.07) is 6.43. The molecule has 12 heteroatoms. The van der Waals surface area contributed by atoms with E-state index in [0.717, 1.165) is 12.1 Å². The Balaban J connectivity index is 2.72. The van der Waals surface area contributed by atoms with Crippen molar-refractivity contribution >= 4 is 5.91 Å². The van der Waals surface area contributed by atoms with Crippen molar-refractivity contribution in [1.29, 1.82) is 0 Å². The molecule has 1 aromatic carbocycles. The second-order valence-electron chi connectivity index (χ2n) is 4.61. The van der Waals surface area contributed by atoms with Crippen molar-refractivity contribution in [3.63, 3.8) is 0 Å². The highest BCUT2D eigenvalue weighted by atomic mass is 19.4. The number of hydrogen-bond donors (Lipinski definition) is 1. The molecule has 0 bridgehead atoms. The molecule has 0 spiro atoms. The van der Waals surface area contributed by atoms with Gasteiger partial charge in [-0.1, -0.05) is 18.2 Å². The predicted octanol–water partition coefficient (Wildman–Crippen LogP) is 3.23. The molecule has 2 aromatic rings. The standard InChI is InChI=1S/C13H8F7N3O2/c14-11(13(18,19)20)25-10-7(9(21)24)8(12(15,16)17)22-23(10)6-4-2-1-3-5-6/h1-5,11H,(H2,21,24). The van der Waals surface area contributed by atoms with Crippen molar-refractivity contribution in [2.75, 3.05) is 0 Å². The Morgan fingerprint density at radius 1 is 1.12 bits per heavy atom. The van der Waals surface area contributed by atoms with Gasteiger partial charge in [0.25, 0.3) is 5.91 Å². The summed E-state index contributed by atoms with van der Waals surface area (Å²) in [5.41, 5.74) is 1.20. The average Bonchev–Trinajstić information content (AvgIpc) is 2.86. The minimum absolute atomic E-state index is 0.204. The normalized spacial score (nSPS) is 13.6. The molecule has 2 N–H and O–H groups in total. The molecule has 25 heavy (non-hydrogen) atoms. The van der Waals surface area contributed by atoms with E-state index in [9.17, 15) is 35.5 Å². The van der Waals surface area contributed by atoms with Crippen LogP contribution in [0.1, 0.15) is 16.1 Å². The fourth-order valence-corrected chi connectivity index (χ4v) is 1.84. The Hall–Kier alpha value is -2.79. The summed E-state index contributed by atoms with van der Waals surface area (Å²) in [7, 11) is 0. The van der Waals surface area contributed by atoms with Gasteiger partial charge in [-0.2, -0.15) is 40.5 Å². The first kappa shape index (κ1) is 18.5. The van der Waals surface area contributed by atoms with Gasteiger partial charge in [-0.3, -0.25) is 4.79 Å². The van der Waals surface area contributed by atoms with E-state index in [1.807, 2.05) is 0 Å². The molecule has 1 atom stereocenters. The van der Waals surface area contributed by atoms with Crippen LogP contribution in [-0.4, -0.2) is 28.2 Å². The van der Waals surface area contributed by atoms with Gasteiger partial charge in [0.15, 0.2) is 5.69 Å². The van der Waals surface area contributed by atoms with Crippen LogP contribution in [0.25, 0.3) is 5.69 Å². The van der Waals surface area contributed by atoms with Crippen LogP contribution in [-0.2, 0) is 6.18 Å². The van der Waals surface area contributed by atoms with Crippen molar-refractivity contribution in [1.82, 2.24) is 9.78 Å². The van der Waals surface area contributed by atoms with E-state index in [1.54, 1.807) is 0 Å². The molecule has 0 aliphatic carbocycles. The number of nitrogens with two attached hydrogens (primary N) is 1. The Morgan fingerprint density at radius 3 is 2.12 bits per heavy atom. The lowest BCUT2D eigenvalue weighted by atomic mass is 10.2. The quantitative estimate of drug-likeness (QED) is 0.839. The summed E-state index contributed by atoms with van der Waals surface area (Å²) in [6.07, 6.45) is -14.8. The number of amides is 1. The number of rotatable bonds is 4. The summed E-state index contributed by atoms with van der Waals surface area (Å²) < 4.78 is 93.6. The maximum absolute atomic E-state index is 13.2. The largest absolute Gasteiger partial charge is 0.457 e. The molecule has 0 aliphatic heterocycles. The molecule has 2 rings (SSSR count). The molecule has 0 radical (unpaired) electrons. The van der Waals surface area contributed by atoms with Gasteiger partial charge in [-0.15, -0.1) is 0 Å². The third-order valence-corrected chi connectivity index (χ3v) is 2.83. The van der Waals surface area contributed by atoms with E-state index in [-0.39, 0.29) is 10.4 Å². The van der Waals surface area contributed by atoms with Crippen LogP contribution in [0.4, 0.5) is 30.7 Å². The number of nitrogens with zero attached hydrogens (tertiary/aromatic N) is 2. The molecule has 5 nitrogen and oxygen atoms in total. The Kier molecular flexibility index (Phi) is 4.64. The van der Waals surface area contributed by atoms with Crippen molar-refractivity contribution in [2.24, 2.45) is 5.73 Å². The van der Waals surface area contributed by atoms with Crippen LogP contribution in [0.3, 0.4) is 0 Å². The average molecular weight is 371 g/mol. The van der Waals surface area contributed by atoms with E-state index in [2.05, 4.69) is 9.84 Å². The van der Waals surface area contributed by atoms with E-state index >= 15 is 0 Å². The number of carbonyl (C=O) groups is 1. The Bertz CT molecular complexity index is 768. The number of halogens is 7. The van der Waals surface area contributed by atoms with Gasteiger partial charge in [-0.25, -0.2) is 0 Å². The molecular formula is C13H8F7N3O2. The Morgan fingerprint density at radius 2 is 1.68 bits per heavy atom. The molecule has 0 saturated heterocycles. The minimum Gasteiger partial charge on any atom is -0.433 e. The van der Waals surface area contributed by atoms with Crippen molar-refractivity contribution in [3.8, 4) is 11.6 Å². The zero-order chi connectivity index (χ0) is 19.0. The summed E-state index contributed by atoms with van der Waals surface area (Å²) in [5.74, 6) is -3.19. The lowest BCUT2D eigenvalue weighted by Crippen LogP contribution is -2.31. The smallest absolute Gasteiger partial charge is 0.433 e. The van der Waals surface area contributed by atoms with Gasteiger partial charge in [0.1, 0.15) is 5.56 Å². The number of primary amides is 1. The van der Waals surface area contributed by atoms with Crippen molar-refractivity contribution in [3.05, 3.63) is 41.6 Å². The van der Waals surface area contributed by atoms with Crippen LogP contribution in [0.5, 0.6) is 5.88 Å². The fourth-order valence-electron chi connectivity index (χ4n) is 1.84. The number of benzene rings is 1. The number of ether oxygens (including phenoxy) is 1. The predicted molar refractivity (Wildman–Crippen MR) is 68.7 cm³/mol. The molecule has 0 aliphatic rings. The molecule has 1 aromatic heterocycles.